The van der Waals surface area contributed by atoms with E-state index in [1.807, 2.05) is 6.07 Å². The number of fused-ring (bicyclic) bond motifs is 1. The van der Waals surface area contributed by atoms with E-state index in [0.717, 1.165) is 42.1 Å². The van der Waals surface area contributed by atoms with Crippen LogP contribution in [0.5, 0.6) is 0 Å². The van der Waals surface area contributed by atoms with Crippen LogP contribution in [-0.2, 0) is 9.84 Å². The summed E-state index contributed by atoms with van der Waals surface area (Å²) >= 11 is 1.31. The van der Waals surface area contributed by atoms with Gasteiger partial charge >= 0.3 is 0 Å². The molecule has 110 valence electrons. The lowest BCUT2D eigenvalue weighted by molar-refractivity contribution is 0.586. The highest BCUT2D eigenvalue weighted by atomic mass is 35.5. The number of halogens is 1. The SMILES string of the molecule is CS(=O)(=O)c1cc2c(N3CCNCC3)nccc2s1.Cl. The molecule has 0 amide bonds. The molecule has 0 radical (unpaired) electrons. The third kappa shape index (κ3) is 2.90. The number of pyridine rings is 1. The van der Waals surface area contributed by atoms with Gasteiger partial charge in [0.25, 0.3) is 0 Å². The Morgan fingerprint density at radius 1 is 1.35 bits per heavy atom. The van der Waals surface area contributed by atoms with Crippen LogP contribution in [0.25, 0.3) is 10.1 Å². The Bertz CT molecular complexity index is 709. The van der Waals surface area contributed by atoms with Crippen molar-refractivity contribution in [3.05, 3.63) is 18.3 Å². The van der Waals surface area contributed by atoms with Crippen LogP contribution in [-0.4, -0.2) is 45.8 Å². The minimum Gasteiger partial charge on any atom is -0.354 e. The summed E-state index contributed by atoms with van der Waals surface area (Å²) in [7, 11) is -3.15. The minimum absolute atomic E-state index is 0. The zero-order valence-corrected chi connectivity index (χ0v) is 13.4. The molecular weight excluding hydrogens is 318 g/mol. The smallest absolute Gasteiger partial charge is 0.184 e. The summed E-state index contributed by atoms with van der Waals surface area (Å²) < 4.78 is 24.7. The summed E-state index contributed by atoms with van der Waals surface area (Å²) in [5.41, 5.74) is 0. The fourth-order valence-corrected chi connectivity index (χ4v) is 4.23. The number of nitrogens with zero attached hydrogens (tertiary/aromatic N) is 2. The molecule has 1 aliphatic heterocycles. The predicted molar refractivity (Wildman–Crippen MR) is 85.1 cm³/mol. The second-order valence-corrected chi connectivity index (χ2v) is 7.95. The zero-order chi connectivity index (χ0) is 13.5. The number of piperazine rings is 1. The van der Waals surface area contributed by atoms with Crippen molar-refractivity contribution in [1.29, 1.82) is 0 Å². The minimum atomic E-state index is -3.15. The number of hydrogen-bond donors (Lipinski definition) is 1. The summed E-state index contributed by atoms with van der Waals surface area (Å²) in [4.78, 5) is 6.64. The molecule has 0 atom stereocenters. The van der Waals surface area contributed by atoms with E-state index < -0.39 is 9.84 Å². The second kappa shape index (κ2) is 5.85. The van der Waals surface area contributed by atoms with Crippen molar-refractivity contribution in [3.8, 4) is 0 Å². The maximum absolute atomic E-state index is 11.7. The summed E-state index contributed by atoms with van der Waals surface area (Å²) in [6.45, 7) is 3.66. The topological polar surface area (TPSA) is 62.3 Å². The standard InChI is InChI=1S/C12H15N3O2S2.ClH/c1-19(16,17)11-8-9-10(18-11)2-3-14-12(9)15-6-4-13-5-7-15;/h2-3,8,13H,4-7H2,1H3;1H. The van der Waals surface area contributed by atoms with Crippen LogP contribution in [0.2, 0.25) is 0 Å². The summed E-state index contributed by atoms with van der Waals surface area (Å²) in [5, 5.41) is 4.24. The van der Waals surface area contributed by atoms with Gasteiger partial charge in [-0.05, 0) is 12.1 Å². The summed E-state index contributed by atoms with van der Waals surface area (Å²) in [6, 6.07) is 3.63. The first-order chi connectivity index (χ1) is 9.05. The molecule has 0 saturated carbocycles. The lowest BCUT2D eigenvalue weighted by Crippen LogP contribution is -2.43. The maximum atomic E-state index is 11.7. The molecule has 1 saturated heterocycles. The van der Waals surface area contributed by atoms with Gasteiger partial charge in [0.05, 0.1) is 0 Å². The van der Waals surface area contributed by atoms with Crippen LogP contribution in [0, 0.1) is 0 Å². The van der Waals surface area contributed by atoms with Crippen LogP contribution in [0.15, 0.2) is 22.5 Å². The number of rotatable bonds is 2. The maximum Gasteiger partial charge on any atom is 0.184 e. The molecule has 0 unspecified atom stereocenters. The van der Waals surface area contributed by atoms with Gasteiger partial charge in [-0.1, -0.05) is 0 Å². The molecule has 1 aliphatic rings. The summed E-state index contributed by atoms with van der Waals surface area (Å²) in [6.07, 6.45) is 3.00. The lowest BCUT2D eigenvalue weighted by atomic mass is 10.2. The van der Waals surface area contributed by atoms with Crippen molar-refractivity contribution < 1.29 is 8.42 Å². The van der Waals surface area contributed by atoms with Gasteiger partial charge in [0.1, 0.15) is 10.0 Å². The summed E-state index contributed by atoms with van der Waals surface area (Å²) in [5.74, 6) is 0.894. The molecule has 2 aromatic rings. The van der Waals surface area contributed by atoms with E-state index in [2.05, 4.69) is 15.2 Å². The zero-order valence-electron chi connectivity index (χ0n) is 11.0. The number of hydrogen-bond acceptors (Lipinski definition) is 6. The fourth-order valence-electron chi connectivity index (χ4n) is 2.24. The predicted octanol–water partition coefficient (Wildman–Crippen LogP) is 1.53. The van der Waals surface area contributed by atoms with Gasteiger partial charge in [-0.15, -0.1) is 23.7 Å². The fraction of sp³-hybridized carbons (Fsp3) is 0.417. The average Bonchev–Trinajstić information content (AvgIpc) is 2.83. The van der Waals surface area contributed by atoms with Gasteiger partial charge in [-0.3, -0.25) is 0 Å². The first-order valence-corrected chi connectivity index (χ1v) is 8.81. The Morgan fingerprint density at radius 2 is 2.05 bits per heavy atom. The monoisotopic (exact) mass is 333 g/mol. The number of anilines is 1. The second-order valence-electron chi connectivity index (χ2n) is 4.62. The molecule has 0 aliphatic carbocycles. The number of aromatic nitrogens is 1. The Kier molecular flexibility index (Phi) is 4.53. The molecule has 3 rings (SSSR count). The largest absolute Gasteiger partial charge is 0.354 e. The molecule has 2 aromatic heterocycles. The van der Waals surface area contributed by atoms with Crippen LogP contribution in [0.3, 0.4) is 0 Å². The Hall–Kier alpha value is -0.890. The highest BCUT2D eigenvalue weighted by Gasteiger charge is 2.18. The molecule has 5 nitrogen and oxygen atoms in total. The first-order valence-electron chi connectivity index (χ1n) is 6.10. The molecule has 8 heteroatoms. The van der Waals surface area contributed by atoms with E-state index in [-0.39, 0.29) is 12.4 Å². The van der Waals surface area contributed by atoms with Crippen molar-refractivity contribution in [2.24, 2.45) is 0 Å². The molecular formula is C12H16ClN3O2S2. The van der Waals surface area contributed by atoms with E-state index in [0.29, 0.717) is 4.21 Å². The quantitative estimate of drug-likeness (QED) is 0.903. The molecule has 20 heavy (non-hydrogen) atoms. The molecule has 1 N–H and O–H groups in total. The van der Waals surface area contributed by atoms with Crippen molar-refractivity contribution in [3.63, 3.8) is 0 Å². The van der Waals surface area contributed by atoms with Crippen molar-refractivity contribution >= 4 is 49.5 Å². The van der Waals surface area contributed by atoms with Gasteiger partial charge in [0, 0.05) is 48.7 Å². The van der Waals surface area contributed by atoms with Crippen molar-refractivity contribution in [2.75, 3.05) is 37.3 Å². The first kappa shape index (κ1) is 15.5. The van der Waals surface area contributed by atoms with Crippen LogP contribution >= 0.6 is 23.7 Å². The van der Waals surface area contributed by atoms with Crippen LogP contribution in [0.1, 0.15) is 0 Å². The molecule has 0 aromatic carbocycles. The Labute approximate surface area is 128 Å². The van der Waals surface area contributed by atoms with Gasteiger partial charge < -0.3 is 10.2 Å². The molecule has 3 heterocycles. The van der Waals surface area contributed by atoms with Gasteiger partial charge in [-0.2, -0.15) is 0 Å². The number of sulfone groups is 1. The third-order valence-electron chi connectivity index (χ3n) is 3.18. The van der Waals surface area contributed by atoms with Crippen LogP contribution in [0.4, 0.5) is 5.82 Å². The average molecular weight is 334 g/mol. The van der Waals surface area contributed by atoms with Gasteiger partial charge in [0.2, 0.25) is 0 Å². The highest BCUT2D eigenvalue weighted by Crippen LogP contribution is 2.34. The highest BCUT2D eigenvalue weighted by molar-refractivity contribution is 7.92. The van der Waals surface area contributed by atoms with Gasteiger partial charge in [0.15, 0.2) is 9.84 Å². The van der Waals surface area contributed by atoms with Crippen molar-refractivity contribution in [1.82, 2.24) is 10.3 Å². The van der Waals surface area contributed by atoms with E-state index >= 15 is 0 Å². The van der Waals surface area contributed by atoms with Gasteiger partial charge in [-0.25, -0.2) is 13.4 Å². The third-order valence-corrected chi connectivity index (χ3v) is 6.09. The van der Waals surface area contributed by atoms with E-state index in [4.69, 9.17) is 0 Å². The van der Waals surface area contributed by atoms with Crippen molar-refractivity contribution in [2.45, 2.75) is 4.21 Å². The molecule has 0 bridgehead atoms. The van der Waals surface area contributed by atoms with E-state index in [1.165, 1.54) is 17.6 Å². The number of nitrogens with one attached hydrogen (secondary N) is 1. The molecule has 0 spiro atoms. The van der Waals surface area contributed by atoms with E-state index in [1.54, 1.807) is 12.3 Å². The molecule has 1 fully saturated rings. The number of thiophene rings is 1. The van der Waals surface area contributed by atoms with E-state index in [9.17, 15) is 8.42 Å². The normalized spacial score (nSPS) is 16.1. The Morgan fingerprint density at radius 3 is 2.70 bits per heavy atom. The Balaban J connectivity index is 0.00000147. The lowest BCUT2D eigenvalue weighted by Gasteiger charge is -2.28. The van der Waals surface area contributed by atoms with Crippen LogP contribution < -0.4 is 10.2 Å².